The average Bonchev–Trinajstić information content (AvgIpc) is 3.47. The number of ether oxygens (including phenoxy) is 2. The lowest BCUT2D eigenvalue weighted by Gasteiger charge is -2.12. The number of nitrogens with zero attached hydrogens (tertiary/aromatic N) is 1. The molecule has 1 atom stereocenters. The van der Waals surface area contributed by atoms with Crippen LogP contribution in [0.15, 0.2) is 58.8 Å². The van der Waals surface area contributed by atoms with Crippen molar-refractivity contribution in [1.82, 2.24) is 10.3 Å². The summed E-state index contributed by atoms with van der Waals surface area (Å²) in [7, 11) is 0. The van der Waals surface area contributed by atoms with Crippen molar-refractivity contribution in [2.75, 3.05) is 13.2 Å². The van der Waals surface area contributed by atoms with Crippen molar-refractivity contribution in [3.63, 3.8) is 0 Å². The van der Waals surface area contributed by atoms with Crippen molar-refractivity contribution < 1.29 is 14.3 Å². The van der Waals surface area contributed by atoms with Crippen molar-refractivity contribution >= 4 is 29.0 Å². The Morgan fingerprint density at radius 2 is 2.03 bits per heavy atom. The molecular formula is C24H26N2O3S2. The molecule has 0 saturated carbocycles. The normalized spacial score (nSPS) is 15.7. The smallest absolute Gasteiger partial charge is 0.251 e. The largest absolute Gasteiger partial charge is 0.491 e. The molecule has 2 heterocycles. The maximum atomic E-state index is 12.5. The van der Waals surface area contributed by atoms with E-state index in [1.165, 1.54) is 0 Å². The molecule has 0 aliphatic carbocycles. The predicted molar refractivity (Wildman–Crippen MR) is 125 cm³/mol. The van der Waals surface area contributed by atoms with Gasteiger partial charge in [0.1, 0.15) is 12.4 Å². The minimum absolute atomic E-state index is 0.0783. The Balaban J connectivity index is 1.21. The zero-order valence-corrected chi connectivity index (χ0v) is 19.1. The number of hydrogen-bond acceptors (Lipinski definition) is 6. The zero-order chi connectivity index (χ0) is 21.5. The molecule has 3 aromatic rings. The van der Waals surface area contributed by atoms with Crippen LogP contribution in [0.25, 0.3) is 0 Å². The number of rotatable bonds is 9. The number of carbonyl (C=O) groups excluding carboxylic acids is 1. The summed E-state index contributed by atoms with van der Waals surface area (Å²) in [4.78, 5) is 18.1. The number of carbonyl (C=O) groups is 1. The molecular weight excluding hydrogens is 428 g/mol. The van der Waals surface area contributed by atoms with Gasteiger partial charge in [-0.1, -0.05) is 12.1 Å². The Labute approximate surface area is 191 Å². The quantitative estimate of drug-likeness (QED) is 0.449. The van der Waals surface area contributed by atoms with Crippen LogP contribution in [-0.4, -0.2) is 30.2 Å². The van der Waals surface area contributed by atoms with Gasteiger partial charge in [-0.15, -0.1) is 23.1 Å². The second kappa shape index (κ2) is 10.8. The fourth-order valence-corrected chi connectivity index (χ4v) is 4.80. The van der Waals surface area contributed by atoms with E-state index in [9.17, 15) is 4.79 Å². The zero-order valence-electron chi connectivity index (χ0n) is 17.5. The summed E-state index contributed by atoms with van der Waals surface area (Å²) in [5.74, 6) is 1.58. The van der Waals surface area contributed by atoms with E-state index >= 15 is 0 Å². The Kier molecular flexibility index (Phi) is 7.61. The van der Waals surface area contributed by atoms with Crippen LogP contribution in [0.5, 0.6) is 5.75 Å². The molecule has 1 N–H and O–H groups in total. The molecule has 0 spiro atoms. The number of thiazole rings is 1. The molecule has 2 aromatic carbocycles. The third-order valence-corrected chi connectivity index (χ3v) is 6.87. The predicted octanol–water partition coefficient (Wildman–Crippen LogP) is 5.23. The van der Waals surface area contributed by atoms with Gasteiger partial charge in [-0.25, -0.2) is 4.98 Å². The van der Waals surface area contributed by atoms with Gasteiger partial charge in [0, 0.05) is 34.7 Å². The van der Waals surface area contributed by atoms with Gasteiger partial charge in [-0.05, 0) is 61.7 Å². The highest BCUT2D eigenvalue weighted by Gasteiger charge is 2.15. The first kappa shape index (κ1) is 21.9. The van der Waals surface area contributed by atoms with Gasteiger partial charge in [-0.3, -0.25) is 4.79 Å². The molecule has 4 rings (SSSR count). The molecule has 1 aliphatic rings. The molecule has 1 saturated heterocycles. The standard InChI is InChI=1S/C24H26N2O3S2/c1-17-26-20(15-30-17)16-31-23-10-6-19(7-11-23)24(27)25-13-18-4-8-21(9-5-18)29-14-22-3-2-12-28-22/h4-11,15,22H,2-3,12-14,16H2,1H3,(H,25,27). The first-order valence-corrected chi connectivity index (χ1v) is 12.3. The summed E-state index contributed by atoms with van der Waals surface area (Å²) >= 11 is 3.39. The molecule has 1 unspecified atom stereocenters. The molecule has 1 amide bonds. The van der Waals surface area contributed by atoms with E-state index < -0.39 is 0 Å². The fourth-order valence-electron chi connectivity index (χ4n) is 3.29. The van der Waals surface area contributed by atoms with Gasteiger partial charge in [0.2, 0.25) is 0 Å². The van der Waals surface area contributed by atoms with E-state index in [-0.39, 0.29) is 12.0 Å². The van der Waals surface area contributed by atoms with Crippen LogP contribution in [0, 0.1) is 6.92 Å². The number of benzene rings is 2. The van der Waals surface area contributed by atoms with E-state index in [4.69, 9.17) is 9.47 Å². The minimum Gasteiger partial charge on any atom is -0.491 e. The van der Waals surface area contributed by atoms with Crippen LogP contribution in [0.2, 0.25) is 0 Å². The van der Waals surface area contributed by atoms with Crippen LogP contribution < -0.4 is 10.1 Å². The Hall–Kier alpha value is -2.35. The number of aromatic nitrogens is 1. The van der Waals surface area contributed by atoms with Crippen molar-refractivity contribution in [1.29, 1.82) is 0 Å². The lowest BCUT2D eigenvalue weighted by atomic mass is 10.2. The first-order chi connectivity index (χ1) is 15.2. The summed E-state index contributed by atoms with van der Waals surface area (Å²) in [5.41, 5.74) is 2.78. The highest BCUT2D eigenvalue weighted by atomic mass is 32.2. The summed E-state index contributed by atoms with van der Waals surface area (Å²) in [6.07, 6.45) is 2.38. The van der Waals surface area contributed by atoms with Gasteiger partial charge >= 0.3 is 0 Å². The van der Waals surface area contributed by atoms with Gasteiger partial charge in [0.15, 0.2) is 0 Å². The number of hydrogen-bond donors (Lipinski definition) is 1. The van der Waals surface area contributed by atoms with E-state index in [1.54, 1.807) is 23.1 Å². The minimum atomic E-state index is -0.0783. The van der Waals surface area contributed by atoms with Gasteiger partial charge in [0.05, 0.1) is 16.8 Å². The molecule has 1 fully saturated rings. The molecule has 0 bridgehead atoms. The van der Waals surface area contributed by atoms with Gasteiger partial charge in [0.25, 0.3) is 5.91 Å². The summed E-state index contributed by atoms with van der Waals surface area (Å²) in [5, 5.41) is 6.15. The van der Waals surface area contributed by atoms with Crippen LogP contribution >= 0.6 is 23.1 Å². The van der Waals surface area contributed by atoms with Gasteiger partial charge in [-0.2, -0.15) is 0 Å². The lowest BCUT2D eigenvalue weighted by Crippen LogP contribution is -2.22. The molecule has 1 aliphatic heterocycles. The molecule has 0 radical (unpaired) electrons. The van der Waals surface area contributed by atoms with Crippen molar-refractivity contribution in [3.05, 3.63) is 75.7 Å². The highest BCUT2D eigenvalue weighted by Crippen LogP contribution is 2.24. The Morgan fingerprint density at radius 1 is 1.23 bits per heavy atom. The SMILES string of the molecule is Cc1nc(CSc2ccc(C(=O)NCc3ccc(OCC4CCCO4)cc3)cc2)cs1. The number of thioether (sulfide) groups is 1. The van der Waals surface area contributed by atoms with E-state index in [0.717, 1.165) is 52.1 Å². The topological polar surface area (TPSA) is 60.5 Å². The van der Waals surface area contributed by atoms with Crippen molar-refractivity contribution in [2.45, 2.75) is 43.1 Å². The van der Waals surface area contributed by atoms with Crippen LogP contribution in [0.3, 0.4) is 0 Å². The van der Waals surface area contributed by atoms with E-state index in [1.807, 2.05) is 55.5 Å². The van der Waals surface area contributed by atoms with E-state index in [2.05, 4.69) is 15.7 Å². The Morgan fingerprint density at radius 3 is 2.71 bits per heavy atom. The molecule has 31 heavy (non-hydrogen) atoms. The van der Waals surface area contributed by atoms with Crippen LogP contribution in [0.4, 0.5) is 0 Å². The van der Waals surface area contributed by atoms with E-state index in [0.29, 0.717) is 18.7 Å². The first-order valence-electron chi connectivity index (χ1n) is 10.4. The van der Waals surface area contributed by atoms with Crippen molar-refractivity contribution in [3.8, 4) is 5.75 Å². The number of amides is 1. The highest BCUT2D eigenvalue weighted by molar-refractivity contribution is 7.98. The monoisotopic (exact) mass is 454 g/mol. The van der Waals surface area contributed by atoms with Gasteiger partial charge < -0.3 is 14.8 Å². The van der Waals surface area contributed by atoms with Crippen LogP contribution in [-0.2, 0) is 17.0 Å². The second-order valence-corrected chi connectivity index (χ2v) is 9.55. The third-order valence-electron chi connectivity index (χ3n) is 5.01. The summed E-state index contributed by atoms with van der Waals surface area (Å²) in [6, 6.07) is 15.5. The molecule has 5 nitrogen and oxygen atoms in total. The number of aryl methyl sites for hydroxylation is 1. The van der Waals surface area contributed by atoms with Crippen LogP contribution in [0.1, 0.15) is 39.5 Å². The van der Waals surface area contributed by atoms with Crippen molar-refractivity contribution in [2.24, 2.45) is 0 Å². The third kappa shape index (κ3) is 6.56. The fraction of sp³-hybridized carbons (Fsp3) is 0.333. The number of nitrogens with one attached hydrogen (secondary N) is 1. The molecule has 7 heteroatoms. The second-order valence-electron chi connectivity index (χ2n) is 7.44. The Bertz CT molecular complexity index is 981. The lowest BCUT2D eigenvalue weighted by molar-refractivity contribution is 0.0679. The molecule has 162 valence electrons. The molecule has 1 aromatic heterocycles. The maximum Gasteiger partial charge on any atom is 0.251 e. The summed E-state index contributed by atoms with van der Waals surface area (Å²) in [6.45, 7) is 3.92. The summed E-state index contributed by atoms with van der Waals surface area (Å²) < 4.78 is 11.4. The maximum absolute atomic E-state index is 12.5. The average molecular weight is 455 g/mol.